The number of hydrogen-bond acceptors (Lipinski definition) is 5. The molecule has 0 aliphatic rings. The number of H-pyrrole nitrogens is 1. The van der Waals surface area contributed by atoms with Crippen LogP contribution in [0.2, 0.25) is 0 Å². The van der Waals surface area contributed by atoms with E-state index < -0.39 is 0 Å². The molecule has 0 saturated heterocycles. The fourth-order valence-corrected chi connectivity index (χ4v) is 3.83. The molecule has 4 aromatic rings. The van der Waals surface area contributed by atoms with E-state index in [1.54, 1.807) is 19.2 Å². The third-order valence-corrected chi connectivity index (χ3v) is 5.07. The molecule has 0 radical (unpaired) electrons. The van der Waals surface area contributed by atoms with Crippen molar-refractivity contribution in [1.29, 1.82) is 0 Å². The molecule has 0 bridgehead atoms. The van der Waals surface area contributed by atoms with Gasteiger partial charge in [-0.25, -0.2) is 4.98 Å². The maximum Gasteiger partial charge on any atom is 0.260 e. The molecule has 0 spiro atoms. The van der Waals surface area contributed by atoms with Gasteiger partial charge in [0.15, 0.2) is 0 Å². The third kappa shape index (κ3) is 3.07. The summed E-state index contributed by atoms with van der Waals surface area (Å²) in [6.07, 6.45) is 0.501. The van der Waals surface area contributed by atoms with Crippen LogP contribution >= 0.6 is 11.3 Å². The Balaban J connectivity index is 1.72. The SMILES string of the molecule is COc1ccc(-c2csc3nc(Cc4ccc(O)cc4)[nH]c(=O)c23)cc1. The van der Waals surface area contributed by atoms with Crippen LogP contribution in [0.25, 0.3) is 21.3 Å². The lowest BCUT2D eigenvalue weighted by molar-refractivity contribution is 0.415. The lowest BCUT2D eigenvalue weighted by Crippen LogP contribution is -2.11. The minimum absolute atomic E-state index is 0.143. The van der Waals surface area contributed by atoms with Gasteiger partial charge < -0.3 is 14.8 Å². The van der Waals surface area contributed by atoms with Crippen LogP contribution < -0.4 is 10.3 Å². The van der Waals surface area contributed by atoms with E-state index in [2.05, 4.69) is 9.97 Å². The third-order valence-electron chi connectivity index (χ3n) is 4.20. The second-order valence-corrected chi connectivity index (χ2v) is 6.77. The van der Waals surface area contributed by atoms with Gasteiger partial charge in [0.2, 0.25) is 0 Å². The van der Waals surface area contributed by atoms with Crippen LogP contribution in [0, 0.1) is 0 Å². The van der Waals surface area contributed by atoms with Crippen molar-refractivity contribution in [2.75, 3.05) is 7.11 Å². The van der Waals surface area contributed by atoms with Gasteiger partial charge >= 0.3 is 0 Å². The van der Waals surface area contributed by atoms with Gasteiger partial charge in [-0.05, 0) is 35.4 Å². The molecule has 0 aliphatic carbocycles. The van der Waals surface area contributed by atoms with Crippen molar-refractivity contribution >= 4 is 21.6 Å². The number of aromatic hydroxyl groups is 1. The van der Waals surface area contributed by atoms with Gasteiger partial charge in [-0.2, -0.15) is 0 Å². The lowest BCUT2D eigenvalue weighted by atomic mass is 10.1. The number of nitrogens with one attached hydrogen (secondary N) is 1. The number of rotatable bonds is 4. The number of methoxy groups -OCH3 is 1. The fraction of sp³-hybridized carbons (Fsp3) is 0.100. The minimum atomic E-state index is -0.143. The van der Waals surface area contributed by atoms with Gasteiger partial charge in [0.05, 0.1) is 12.5 Å². The minimum Gasteiger partial charge on any atom is -0.508 e. The van der Waals surface area contributed by atoms with Crippen molar-refractivity contribution in [1.82, 2.24) is 9.97 Å². The average Bonchev–Trinajstić information content (AvgIpc) is 3.08. The molecule has 26 heavy (non-hydrogen) atoms. The summed E-state index contributed by atoms with van der Waals surface area (Å²) in [5, 5.41) is 11.9. The van der Waals surface area contributed by atoms with Crippen molar-refractivity contribution in [3.63, 3.8) is 0 Å². The Kier molecular flexibility index (Phi) is 4.18. The fourth-order valence-electron chi connectivity index (χ4n) is 2.87. The number of phenols is 1. The normalized spacial score (nSPS) is 11.0. The lowest BCUT2D eigenvalue weighted by Gasteiger charge is -2.04. The number of aromatic amines is 1. The first-order valence-electron chi connectivity index (χ1n) is 8.07. The molecular weight excluding hydrogens is 348 g/mol. The number of phenolic OH excluding ortho intramolecular Hbond substituents is 1. The number of nitrogens with zero attached hydrogens (tertiary/aromatic N) is 1. The zero-order valence-electron chi connectivity index (χ0n) is 14.0. The highest BCUT2D eigenvalue weighted by Crippen LogP contribution is 2.31. The molecule has 0 aliphatic heterocycles. The van der Waals surface area contributed by atoms with E-state index in [0.717, 1.165) is 22.4 Å². The van der Waals surface area contributed by atoms with Crippen LogP contribution in [-0.4, -0.2) is 22.2 Å². The topological polar surface area (TPSA) is 75.2 Å². The quantitative estimate of drug-likeness (QED) is 0.575. The Labute approximate surface area is 153 Å². The Morgan fingerprint density at radius 3 is 2.54 bits per heavy atom. The van der Waals surface area contributed by atoms with Gasteiger partial charge in [-0.3, -0.25) is 4.79 Å². The zero-order valence-corrected chi connectivity index (χ0v) is 14.8. The second-order valence-electron chi connectivity index (χ2n) is 5.91. The van der Waals surface area contributed by atoms with Crippen LogP contribution in [0.3, 0.4) is 0 Å². The summed E-state index contributed by atoms with van der Waals surface area (Å²) < 4.78 is 5.18. The van der Waals surface area contributed by atoms with Crippen molar-refractivity contribution < 1.29 is 9.84 Å². The Morgan fingerprint density at radius 1 is 1.12 bits per heavy atom. The van der Waals surface area contributed by atoms with Crippen LogP contribution in [0.1, 0.15) is 11.4 Å². The van der Waals surface area contributed by atoms with Crippen LogP contribution in [0.4, 0.5) is 0 Å². The monoisotopic (exact) mass is 364 g/mol. The molecule has 0 unspecified atom stereocenters. The maximum absolute atomic E-state index is 12.7. The van der Waals surface area contributed by atoms with E-state index in [1.165, 1.54) is 11.3 Å². The van der Waals surface area contributed by atoms with Crippen molar-refractivity contribution in [3.05, 3.63) is 75.7 Å². The first kappa shape index (κ1) is 16.4. The van der Waals surface area contributed by atoms with Gasteiger partial charge in [-0.15, -0.1) is 11.3 Å². The maximum atomic E-state index is 12.7. The molecule has 6 heteroatoms. The summed E-state index contributed by atoms with van der Waals surface area (Å²) >= 11 is 1.46. The smallest absolute Gasteiger partial charge is 0.260 e. The van der Waals surface area contributed by atoms with Crippen molar-refractivity contribution in [3.8, 4) is 22.6 Å². The second kappa shape index (κ2) is 6.65. The van der Waals surface area contributed by atoms with Crippen LogP contribution in [0.5, 0.6) is 11.5 Å². The van der Waals surface area contributed by atoms with Crippen molar-refractivity contribution in [2.45, 2.75) is 6.42 Å². The molecule has 2 aromatic carbocycles. The predicted octanol–water partition coefficient (Wildman–Crippen LogP) is 3.96. The summed E-state index contributed by atoms with van der Waals surface area (Å²) in [4.78, 5) is 20.9. The van der Waals surface area contributed by atoms with Gasteiger partial charge in [0, 0.05) is 17.4 Å². The molecule has 2 N–H and O–H groups in total. The van der Waals surface area contributed by atoms with E-state index in [4.69, 9.17) is 4.74 Å². The molecule has 0 amide bonds. The molecule has 130 valence electrons. The molecule has 2 heterocycles. The molecule has 0 fully saturated rings. The molecule has 4 rings (SSSR count). The van der Waals surface area contributed by atoms with Gasteiger partial charge in [-0.1, -0.05) is 24.3 Å². The summed E-state index contributed by atoms with van der Waals surface area (Å²) in [7, 11) is 1.62. The number of hydrogen-bond donors (Lipinski definition) is 2. The summed E-state index contributed by atoms with van der Waals surface area (Å²) in [5.74, 6) is 1.60. The van der Waals surface area contributed by atoms with E-state index in [-0.39, 0.29) is 11.3 Å². The number of fused-ring (bicyclic) bond motifs is 1. The first-order valence-corrected chi connectivity index (χ1v) is 8.95. The number of ether oxygens (including phenoxy) is 1. The zero-order chi connectivity index (χ0) is 18.1. The Bertz CT molecular complexity index is 1110. The van der Waals surface area contributed by atoms with E-state index in [0.29, 0.717) is 22.5 Å². The molecular formula is C20H16N2O3S. The van der Waals surface area contributed by atoms with E-state index in [9.17, 15) is 9.90 Å². The van der Waals surface area contributed by atoms with E-state index in [1.807, 2.05) is 41.8 Å². The highest BCUT2D eigenvalue weighted by molar-refractivity contribution is 7.17. The summed E-state index contributed by atoms with van der Waals surface area (Å²) in [6, 6.07) is 14.5. The Morgan fingerprint density at radius 2 is 1.85 bits per heavy atom. The van der Waals surface area contributed by atoms with Crippen LogP contribution in [0.15, 0.2) is 58.7 Å². The molecule has 2 aromatic heterocycles. The van der Waals surface area contributed by atoms with Gasteiger partial charge in [0.1, 0.15) is 22.2 Å². The largest absolute Gasteiger partial charge is 0.508 e. The summed E-state index contributed by atoms with van der Waals surface area (Å²) in [6.45, 7) is 0. The Hall–Kier alpha value is -3.12. The number of aromatic nitrogens is 2. The number of benzene rings is 2. The summed E-state index contributed by atoms with van der Waals surface area (Å²) in [5.41, 5.74) is 2.65. The molecule has 5 nitrogen and oxygen atoms in total. The van der Waals surface area contributed by atoms with Crippen LogP contribution in [-0.2, 0) is 6.42 Å². The molecule has 0 atom stereocenters. The standard InChI is InChI=1S/C20H16N2O3S/c1-25-15-8-4-13(5-9-15)16-11-26-20-18(16)19(24)21-17(22-20)10-12-2-6-14(23)7-3-12/h2-9,11,23H,10H2,1H3,(H,21,22,24). The highest BCUT2D eigenvalue weighted by Gasteiger charge is 2.13. The predicted molar refractivity (Wildman–Crippen MR) is 103 cm³/mol. The highest BCUT2D eigenvalue weighted by atomic mass is 32.1. The van der Waals surface area contributed by atoms with E-state index >= 15 is 0 Å². The number of thiophene rings is 1. The average molecular weight is 364 g/mol. The van der Waals surface area contributed by atoms with Crippen molar-refractivity contribution in [2.24, 2.45) is 0 Å². The molecule has 0 saturated carbocycles. The first-order chi connectivity index (χ1) is 12.6. The van der Waals surface area contributed by atoms with Gasteiger partial charge in [0.25, 0.3) is 5.56 Å².